The predicted octanol–water partition coefficient (Wildman–Crippen LogP) is 2.29. The Bertz CT molecular complexity index is 689. The number of nitrogens with two attached hydrogens (primary N) is 1. The van der Waals surface area contributed by atoms with Gasteiger partial charge < -0.3 is 16.4 Å². The molecule has 0 radical (unpaired) electrons. The van der Waals surface area contributed by atoms with E-state index in [0.29, 0.717) is 18.7 Å². The smallest absolute Gasteiger partial charge is 0.319 e. The number of hydrogen-bond acceptors (Lipinski definition) is 2. The lowest BCUT2D eigenvalue weighted by Crippen LogP contribution is -2.31. The van der Waals surface area contributed by atoms with E-state index in [4.69, 9.17) is 5.73 Å². The van der Waals surface area contributed by atoms with Gasteiger partial charge in [0.25, 0.3) is 5.91 Å². The van der Waals surface area contributed by atoms with E-state index in [0.717, 1.165) is 5.56 Å². The van der Waals surface area contributed by atoms with Gasteiger partial charge in [0, 0.05) is 6.54 Å². The molecule has 2 aromatic rings. The Hall–Kier alpha value is -2.89. The molecule has 3 amide bonds. The average molecular weight is 301 g/mol. The third-order valence-electron chi connectivity index (χ3n) is 3.03. The molecule has 22 heavy (non-hydrogen) atoms. The van der Waals surface area contributed by atoms with Crippen LogP contribution in [0.5, 0.6) is 0 Å². The normalized spacial score (nSPS) is 10.0. The van der Waals surface area contributed by atoms with Crippen molar-refractivity contribution in [2.45, 2.75) is 6.42 Å². The number of urea groups is 1. The Labute approximate surface area is 127 Å². The quantitative estimate of drug-likeness (QED) is 0.791. The average Bonchev–Trinajstić information content (AvgIpc) is 2.47. The number of para-hydroxylation sites is 1. The maximum Gasteiger partial charge on any atom is 0.319 e. The van der Waals surface area contributed by atoms with Gasteiger partial charge in [-0.05, 0) is 36.2 Å². The van der Waals surface area contributed by atoms with E-state index >= 15 is 0 Å². The number of benzene rings is 2. The summed E-state index contributed by atoms with van der Waals surface area (Å²) in [6.45, 7) is 0.341. The van der Waals surface area contributed by atoms with Gasteiger partial charge in [-0.25, -0.2) is 9.18 Å². The minimum absolute atomic E-state index is 0.239. The van der Waals surface area contributed by atoms with E-state index in [1.165, 1.54) is 18.2 Å². The Morgan fingerprint density at radius 3 is 2.59 bits per heavy atom. The first kappa shape index (κ1) is 15.5. The minimum atomic E-state index is -0.615. The van der Waals surface area contributed by atoms with Crippen molar-refractivity contribution in [1.82, 2.24) is 5.32 Å². The van der Waals surface area contributed by atoms with E-state index in [2.05, 4.69) is 10.6 Å². The van der Waals surface area contributed by atoms with E-state index in [1.807, 2.05) is 0 Å². The molecule has 0 spiro atoms. The zero-order valence-electron chi connectivity index (χ0n) is 11.8. The van der Waals surface area contributed by atoms with Crippen LogP contribution in [0.15, 0.2) is 48.5 Å². The zero-order valence-corrected chi connectivity index (χ0v) is 11.8. The molecule has 6 heteroatoms. The molecule has 0 heterocycles. The lowest BCUT2D eigenvalue weighted by atomic mass is 10.1. The predicted molar refractivity (Wildman–Crippen MR) is 82.1 cm³/mol. The number of amides is 3. The standard InChI is InChI=1S/C16H16FN3O2/c17-12-5-3-4-11(10-12)8-9-19-16(22)20-14-7-2-1-6-13(14)15(18)21/h1-7,10H,8-9H2,(H2,18,21)(H2,19,20,22). The monoisotopic (exact) mass is 301 g/mol. The number of nitrogens with one attached hydrogen (secondary N) is 2. The van der Waals surface area contributed by atoms with E-state index in [9.17, 15) is 14.0 Å². The summed E-state index contributed by atoms with van der Waals surface area (Å²) in [7, 11) is 0. The molecule has 0 saturated carbocycles. The molecular formula is C16H16FN3O2. The zero-order chi connectivity index (χ0) is 15.9. The molecule has 0 bridgehead atoms. The van der Waals surface area contributed by atoms with E-state index < -0.39 is 11.9 Å². The van der Waals surface area contributed by atoms with Gasteiger partial charge in [0.05, 0.1) is 11.3 Å². The number of halogens is 1. The van der Waals surface area contributed by atoms with Crippen LogP contribution in [-0.2, 0) is 6.42 Å². The van der Waals surface area contributed by atoms with Crippen molar-refractivity contribution in [3.8, 4) is 0 Å². The minimum Gasteiger partial charge on any atom is -0.366 e. The van der Waals surface area contributed by atoms with Crippen LogP contribution in [0.1, 0.15) is 15.9 Å². The van der Waals surface area contributed by atoms with Gasteiger partial charge in [-0.3, -0.25) is 4.79 Å². The molecule has 0 aliphatic carbocycles. The molecule has 2 rings (SSSR count). The van der Waals surface area contributed by atoms with Crippen molar-refractivity contribution in [1.29, 1.82) is 0 Å². The first-order valence-electron chi connectivity index (χ1n) is 6.74. The van der Waals surface area contributed by atoms with Crippen LogP contribution in [0.2, 0.25) is 0 Å². The lowest BCUT2D eigenvalue weighted by Gasteiger charge is -2.10. The summed E-state index contributed by atoms with van der Waals surface area (Å²) >= 11 is 0. The second-order valence-corrected chi connectivity index (χ2v) is 4.67. The third-order valence-corrected chi connectivity index (χ3v) is 3.03. The van der Waals surface area contributed by atoms with Gasteiger partial charge in [-0.2, -0.15) is 0 Å². The maximum absolute atomic E-state index is 13.0. The number of carbonyl (C=O) groups is 2. The van der Waals surface area contributed by atoms with Crippen molar-refractivity contribution >= 4 is 17.6 Å². The molecule has 0 saturated heterocycles. The molecule has 0 unspecified atom stereocenters. The molecule has 2 aromatic carbocycles. The SMILES string of the molecule is NC(=O)c1ccccc1NC(=O)NCCc1cccc(F)c1. The summed E-state index contributed by atoms with van der Waals surface area (Å²) in [5.41, 5.74) is 6.61. The number of rotatable bonds is 5. The van der Waals surface area contributed by atoms with Crippen molar-refractivity contribution in [2.24, 2.45) is 5.73 Å². The second-order valence-electron chi connectivity index (χ2n) is 4.67. The molecule has 0 aliphatic rings. The van der Waals surface area contributed by atoms with Gasteiger partial charge in [-0.15, -0.1) is 0 Å². The molecule has 4 N–H and O–H groups in total. The van der Waals surface area contributed by atoms with Crippen LogP contribution in [0, 0.1) is 5.82 Å². The van der Waals surface area contributed by atoms with E-state index in [1.54, 1.807) is 30.3 Å². The Morgan fingerprint density at radius 1 is 1.09 bits per heavy atom. The van der Waals surface area contributed by atoms with Crippen molar-refractivity contribution in [3.63, 3.8) is 0 Å². The highest BCUT2D eigenvalue weighted by Crippen LogP contribution is 2.13. The van der Waals surface area contributed by atoms with E-state index in [-0.39, 0.29) is 11.4 Å². The van der Waals surface area contributed by atoms with Crippen molar-refractivity contribution in [2.75, 3.05) is 11.9 Å². The summed E-state index contributed by atoms with van der Waals surface area (Å²) in [5.74, 6) is -0.923. The van der Waals surface area contributed by atoms with Gasteiger partial charge in [-0.1, -0.05) is 24.3 Å². The maximum atomic E-state index is 13.0. The molecule has 0 fully saturated rings. The van der Waals surface area contributed by atoms with Gasteiger partial charge in [0.15, 0.2) is 0 Å². The van der Waals surface area contributed by atoms with Crippen LogP contribution in [-0.4, -0.2) is 18.5 Å². The highest BCUT2D eigenvalue weighted by Gasteiger charge is 2.09. The van der Waals surface area contributed by atoms with Crippen molar-refractivity contribution < 1.29 is 14.0 Å². The summed E-state index contributed by atoms with van der Waals surface area (Å²) in [6, 6.07) is 12.2. The van der Waals surface area contributed by atoms with Crippen LogP contribution in [0.25, 0.3) is 0 Å². The number of carbonyl (C=O) groups excluding carboxylic acids is 2. The molecular weight excluding hydrogens is 285 g/mol. The Balaban J connectivity index is 1.87. The summed E-state index contributed by atoms with van der Waals surface area (Å²) in [4.78, 5) is 23.0. The second kappa shape index (κ2) is 7.21. The summed E-state index contributed by atoms with van der Waals surface area (Å²) in [5, 5.41) is 5.21. The number of anilines is 1. The highest BCUT2D eigenvalue weighted by molar-refractivity contribution is 6.02. The van der Waals surface area contributed by atoms with Gasteiger partial charge in [0.1, 0.15) is 5.82 Å². The Kier molecular flexibility index (Phi) is 5.08. The fourth-order valence-corrected chi connectivity index (χ4v) is 1.99. The summed E-state index contributed by atoms with van der Waals surface area (Å²) in [6.07, 6.45) is 0.503. The van der Waals surface area contributed by atoms with Crippen LogP contribution >= 0.6 is 0 Å². The molecule has 5 nitrogen and oxygen atoms in total. The molecule has 0 atom stereocenters. The Morgan fingerprint density at radius 2 is 1.86 bits per heavy atom. The van der Waals surface area contributed by atoms with Gasteiger partial charge >= 0.3 is 6.03 Å². The van der Waals surface area contributed by atoms with Crippen LogP contribution in [0.4, 0.5) is 14.9 Å². The molecule has 0 aromatic heterocycles. The first-order chi connectivity index (χ1) is 10.6. The lowest BCUT2D eigenvalue weighted by molar-refractivity contribution is 0.100. The van der Waals surface area contributed by atoms with Crippen molar-refractivity contribution in [3.05, 3.63) is 65.5 Å². The number of hydrogen-bond donors (Lipinski definition) is 3. The molecule has 0 aliphatic heterocycles. The van der Waals surface area contributed by atoms with Crippen LogP contribution < -0.4 is 16.4 Å². The fraction of sp³-hybridized carbons (Fsp3) is 0.125. The summed E-state index contributed by atoms with van der Waals surface area (Å²) < 4.78 is 13.0. The first-order valence-corrected chi connectivity index (χ1v) is 6.74. The fourth-order valence-electron chi connectivity index (χ4n) is 1.99. The third kappa shape index (κ3) is 4.31. The molecule has 114 valence electrons. The topological polar surface area (TPSA) is 84.2 Å². The highest BCUT2D eigenvalue weighted by atomic mass is 19.1. The van der Waals surface area contributed by atoms with Gasteiger partial charge in [0.2, 0.25) is 0 Å². The number of primary amides is 1. The largest absolute Gasteiger partial charge is 0.366 e. The van der Waals surface area contributed by atoms with Crippen LogP contribution in [0.3, 0.4) is 0 Å².